The van der Waals surface area contributed by atoms with Crippen LogP contribution in [0, 0.1) is 12.7 Å². The normalized spacial score (nSPS) is 11.2. The zero-order chi connectivity index (χ0) is 14.1. The number of amides is 1. The minimum absolute atomic E-state index is 0.332. The zero-order valence-corrected chi connectivity index (χ0v) is 9.18. The van der Waals surface area contributed by atoms with Gasteiger partial charge in [0.15, 0.2) is 5.96 Å². The molecule has 0 heterocycles. The number of carbonyl (C=O) groups excluding carboxylic acids is 1. The van der Waals surface area contributed by atoms with Crippen molar-refractivity contribution in [2.45, 2.75) is 13.1 Å². The van der Waals surface area contributed by atoms with Gasteiger partial charge in [0.05, 0.1) is 11.1 Å². The molecule has 0 aliphatic heterocycles. The van der Waals surface area contributed by atoms with Gasteiger partial charge in [0.25, 0.3) is 5.91 Å². The molecule has 1 amide bonds. The van der Waals surface area contributed by atoms with Crippen molar-refractivity contribution in [3.8, 4) is 0 Å². The minimum Gasteiger partial charge on any atom is -0.370 e. The number of carbonyl (C=O) groups is 1. The zero-order valence-electron chi connectivity index (χ0n) is 9.18. The standard InChI is InChI=1S/C10H9F4N3O/c1-4-2-3-5(8(18)17-9(15)16)7(11)6(4)10(12,13)14/h2-3H,1H3,(H4,15,16,17,18). The Morgan fingerprint density at radius 3 is 2.28 bits per heavy atom. The van der Waals surface area contributed by atoms with Crippen LogP contribution in [-0.2, 0) is 6.18 Å². The van der Waals surface area contributed by atoms with Gasteiger partial charge in [-0.1, -0.05) is 6.07 Å². The van der Waals surface area contributed by atoms with Gasteiger partial charge >= 0.3 is 6.18 Å². The number of nitrogens with zero attached hydrogens (tertiary/aromatic N) is 1. The molecule has 18 heavy (non-hydrogen) atoms. The number of benzene rings is 1. The summed E-state index contributed by atoms with van der Waals surface area (Å²) in [6, 6.07) is 1.87. The highest BCUT2D eigenvalue weighted by molar-refractivity contribution is 6.02. The van der Waals surface area contributed by atoms with Gasteiger partial charge in [-0.15, -0.1) is 0 Å². The Labute approximate surface area is 99.3 Å². The smallest absolute Gasteiger partial charge is 0.370 e. The summed E-state index contributed by atoms with van der Waals surface area (Å²) in [7, 11) is 0. The molecule has 0 aliphatic rings. The van der Waals surface area contributed by atoms with Crippen LogP contribution in [0.5, 0.6) is 0 Å². The number of alkyl halides is 3. The van der Waals surface area contributed by atoms with Crippen LogP contribution in [-0.4, -0.2) is 11.9 Å². The van der Waals surface area contributed by atoms with Crippen LogP contribution in [0.3, 0.4) is 0 Å². The molecule has 0 bridgehead atoms. The first-order valence-electron chi connectivity index (χ1n) is 4.65. The summed E-state index contributed by atoms with van der Waals surface area (Å²) in [5, 5.41) is 0. The molecule has 98 valence electrons. The summed E-state index contributed by atoms with van der Waals surface area (Å²) in [5.41, 5.74) is 7.13. The fraction of sp³-hybridized carbons (Fsp3) is 0.200. The highest BCUT2D eigenvalue weighted by Gasteiger charge is 2.37. The van der Waals surface area contributed by atoms with Gasteiger partial charge in [-0.05, 0) is 18.6 Å². The van der Waals surface area contributed by atoms with Crippen molar-refractivity contribution in [3.05, 3.63) is 34.6 Å². The van der Waals surface area contributed by atoms with Gasteiger partial charge in [0.1, 0.15) is 5.82 Å². The van der Waals surface area contributed by atoms with Crippen LogP contribution in [0.15, 0.2) is 17.1 Å². The molecule has 1 aromatic rings. The predicted molar refractivity (Wildman–Crippen MR) is 56.3 cm³/mol. The van der Waals surface area contributed by atoms with E-state index in [0.717, 1.165) is 19.1 Å². The summed E-state index contributed by atoms with van der Waals surface area (Å²) >= 11 is 0. The molecule has 0 aliphatic carbocycles. The van der Waals surface area contributed by atoms with E-state index >= 15 is 0 Å². The Bertz CT molecular complexity index is 519. The average molecular weight is 263 g/mol. The summed E-state index contributed by atoms with van der Waals surface area (Å²) in [6.07, 6.45) is -4.90. The van der Waals surface area contributed by atoms with E-state index in [0.29, 0.717) is 0 Å². The lowest BCUT2D eigenvalue weighted by Crippen LogP contribution is -2.24. The van der Waals surface area contributed by atoms with Gasteiger partial charge in [0.2, 0.25) is 0 Å². The predicted octanol–water partition coefficient (Wildman–Crippen LogP) is 1.57. The number of aliphatic imine (C=N–C) groups is 1. The summed E-state index contributed by atoms with van der Waals surface area (Å²) in [6.45, 7) is 1.08. The molecule has 4 nitrogen and oxygen atoms in total. The molecule has 0 saturated heterocycles. The second-order valence-electron chi connectivity index (χ2n) is 3.46. The monoisotopic (exact) mass is 263 g/mol. The van der Waals surface area contributed by atoms with Crippen LogP contribution < -0.4 is 11.5 Å². The maximum atomic E-state index is 13.6. The lowest BCUT2D eigenvalue weighted by atomic mass is 10.0. The van der Waals surface area contributed by atoms with Crippen molar-refractivity contribution >= 4 is 11.9 Å². The average Bonchev–Trinajstić information content (AvgIpc) is 2.13. The van der Waals surface area contributed by atoms with Crippen molar-refractivity contribution in [2.24, 2.45) is 16.5 Å². The van der Waals surface area contributed by atoms with E-state index < -0.39 is 35.0 Å². The van der Waals surface area contributed by atoms with Crippen LogP contribution in [0.2, 0.25) is 0 Å². The summed E-state index contributed by atoms with van der Waals surface area (Å²) in [5.74, 6) is -3.61. The van der Waals surface area contributed by atoms with E-state index in [1.54, 1.807) is 0 Å². The lowest BCUT2D eigenvalue weighted by Gasteiger charge is -2.12. The number of hydrogen-bond acceptors (Lipinski definition) is 1. The van der Waals surface area contributed by atoms with Crippen molar-refractivity contribution in [2.75, 3.05) is 0 Å². The van der Waals surface area contributed by atoms with Gasteiger partial charge in [-0.25, -0.2) is 4.39 Å². The van der Waals surface area contributed by atoms with Crippen LogP contribution >= 0.6 is 0 Å². The fourth-order valence-corrected chi connectivity index (χ4v) is 1.36. The van der Waals surface area contributed by atoms with Crippen LogP contribution in [0.25, 0.3) is 0 Å². The molecule has 4 N–H and O–H groups in total. The maximum absolute atomic E-state index is 13.6. The minimum atomic E-state index is -4.90. The third-order valence-corrected chi connectivity index (χ3v) is 2.09. The van der Waals surface area contributed by atoms with Gasteiger partial charge in [-0.2, -0.15) is 18.2 Å². The molecular weight excluding hydrogens is 254 g/mol. The number of aryl methyl sites for hydroxylation is 1. The molecule has 0 aromatic heterocycles. The molecule has 0 unspecified atom stereocenters. The van der Waals surface area contributed by atoms with E-state index in [2.05, 4.69) is 4.99 Å². The van der Waals surface area contributed by atoms with E-state index in [1.165, 1.54) is 0 Å². The largest absolute Gasteiger partial charge is 0.419 e. The molecule has 0 radical (unpaired) electrons. The van der Waals surface area contributed by atoms with E-state index in [-0.39, 0.29) is 5.56 Å². The topological polar surface area (TPSA) is 81.5 Å². The Kier molecular flexibility index (Phi) is 3.59. The maximum Gasteiger partial charge on any atom is 0.419 e. The number of halogens is 4. The van der Waals surface area contributed by atoms with Crippen LogP contribution in [0.1, 0.15) is 21.5 Å². The second-order valence-corrected chi connectivity index (χ2v) is 3.46. The highest BCUT2D eigenvalue weighted by atomic mass is 19.4. The number of guanidine groups is 1. The number of nitrogens with two attached hydrogens (primary N) is 2. The number of rotatable bonds is 1. The second kappa shape index (κ2) is 4.63. The Balaban J connectivity index is 3.43. The Morgan fingerprint density at radius 1 is 1.28 bits per heavy atom. The lowest BCUT2D eigenvalue weighted by molar-refractivity contribution is -0.140. The SMILES string of the molecule is Cc1ccc(C(=O)N=C(N)N)c(F)c1C(F)(F)F. The molecule has 0 fully saturated rings. The molecule has 1 rings (SSSR count). The van der Waals surface area contributed by atoms with E-state index in [9.17, 15) is 22.4 Å². The first-order valence-corrected chi connectivity index (χ1v) is 4.65. The van der Waals surface area contributed by atoms with Crippen LogP contribution in [0.4, 0.5) is 17.6 Å². The summed E-state index contributed by atoms with van der Waals surface area (Å²) < 4.78 is 51.4. The molecule has 8 heteroatoms. The third-order valence-electron chi connectivity index (χ3n) is 2.09. The molecular formula is C10H9F4N3O. The molecule has 0 atom stereocenters. The van der Waals surface area contributed by atoms with E-state index in [4.69, 9.17) is 11.5 Å². The third kappa shape index (κ3) is 2.76. The van der Waals surface area contributed by atoms with Crippen molar-refractivity contribution in [1.82, 2.24) is 0 Å². The van der Waals surface area contributed by atoms with Gasteiger partial charge in [0, 0.05) is 0 Å². The number of hydrogen-bond donors (Lipinski definition) is 2. The molecule has 0 spiro atoms. The molecule has 0 saturated carbocycles. The van der Waals surface area contributed by atoms with Crippen molar-refractivity contribution in [3.63, 3.8) is 0 Å². The van der Waals surface area contributed by atoms with Gasteiger partial charge in [-0.3, -0.25) is 4.79 Å². The molecule has 1 aromatic carbocycles. The Morgan fingerprint density at radius 2 is 1.83 bits per heavy atom. The van der Waals surface area contributed by atoms with E-state index in [1.807, 2.05) is 0 Å². The summed E-state index contributed by atoms with van der Waals surface area (Å²) in [4.78, 5) is 14.3. The van der Waals surface area contributed by atoms with Gasteiger partial charge < -0.3 is 11.5 Å². The fourth-order valence-electron chi connectivity index (χ4n) is 1.36. The first-order chi connectivity index (χ1) is 8.14. The first kappa shape index (κ1) is 13.9. The quantitative estimate of drug-likeness (QED) is 0.458. The van der Waals surface area contributed by atoms with Crippen molar-refractivity contribution < 1.29 is 22.4 Å². The van der Waals surface area contributed by atoms with Crippen molar-refractivity contribution in [1.29, 1.82) is 0 Å². The highest BCUT2D eigenvalue weighted by Crippen LogP contribution is 2.35. The Hall–Kier alpha value is -2.12.